The maximum Gasteiger partial charge on any atom is 0.137 e. The summed E-state index contributed by atoms with van der Waals surface area (Å²) in [7, 11) is 1.65. The van der Waals surface area contributed by atoms with Crippen LogP contribution in [0.3, 0.4) is 0 Å². The summed E-state index contributed by atoms with van der Waals surface area (Å²) >= 11 is 9.66. The molecule has 0 amide bonds. The van der Waals surface area contributed by atoms with E-state index in [1.807, 2.05) is 30.3 Å². The van der Waals surface area contributed by atoms with Crippen LogP contribution < -0.4 is 10.5 Å². The van der Waals surface area contributed by atoms with Crippen LogP contribution in [-0.2, 0) is 0 Å². The standard InChI is InChI=1S/C17H19BrClNO/c1-3-13(11-7-5-4-6-8-11)16(20)14-9-12(19)10-15(18)17(14)21-2/h4-10,13,16H,3,20H2,1-2H3. The summed E-state index contributed by atoms with van der Waals surface area (Å²) in [6.07, 6.45) is 0.943. The van der Waals surface area contributed by atoms with E-state index in [0.717, 1.165) is 22.2 Å². The van der Waals surface area contributed by atoms with Crippen molar-refractivity contribution in [3.63, 3.8) is 0 Å². The van der Waals surface area contributed by atoms with Crippen molar-refractivity contribution in [2.75, 3.05) is 7.11 Å². The number of methoxy groups -OCH3 is 1. The molecule has 2 nitrogen and oxygen atoms in total. The molecule has 2 aromatic rings. The lowest BCUT2D eigenvalue weighted by atomic mass is 9.85. The van der Waals surface area contributed by atoms with Crippen molar-refractivity contribution in [1.82, 2.24) is 0 Å². The Morgan fingerprint density at radius 1 is 1.24 bits per heavy atom. The predicted octanol–water partition coefficient (Wildman–Crippen LogP) is 5.30. The Labute approximate surface area is 139 Å². The van der Waals surface area contributed by atoms with Crippen molar-refractivity contribution in [3.05, 3.63) is 63.1 Å². The van der Waals surface area contributed by atoms with Gasteiger partial charge in [-0.2, -0.15) is 0 Å². The molecule has 0 bridgehead atoms. The predicted molar refractivity (Wildman–Crippen MR) is 92.1 cm³/mol. The number of rotatable bonds is 5. The average molecular weight is 369 g/mol. The first-order chi connectivity index (χ1) is 10.1. The van der Waals surface area contributed by atoms with Gasteiger partial charge in [-0.1, -0.05) is 48.9 Å². The number of hydrogen-bond acceptors (Lipinski definition) is 2. The van der Waals surface area contributed by atoms with E-state index in [1.54, 1.807) is 7.11 Å². The van der Waals surface area contributed by atoms with Crippen molar-refractivity contribution < 1.29 is 4.74 Å². The van der Waals surface area contributed by atoms with Gasteiger partial charge in [-0.15, -0.1) is 0 Å². The number of benzene rings is 2. The second kappa shape index (κ2) is 7.30. The molecule has 2 atom stereocenters. The van der Waals surface area contributed by atoms with Gasteiger partial charge in [0.25, 0.3) is 0 Å². The van der Waals surface area contributed by atoms with Crippen LogP contribution in [0.1, 0.15) is 36.4 Å². The zero-order valence-electron chi connectivity index (χ0n) is 12.1. The molecule has 4 heteroatoms. The molecule has 2 unspecified atom stereocenters. The molecular weight excluding hydrogens is 350 g/mol. The molecule has 0 aromatic heterocycles. The zero-order chi connectivity index (χ0) is 15.4. The summed E-state index contributed by atoms with van der Waals surface area (Å²) in [5, 5.41) is 0.649. The molecule has 2 rings (SSSR count). The summed E-state index contributed by atoms with van der Waals surface area (Å²) in [4.78, 5) is 0. The van der Waals surface area contributed by atoms with Crippen LogP contribution >= 0.6 is 27.5 Å². The highest BCUT2D eigenvalue weighted by Gasteiger charge is 2.24. The van der Waals surface area contributed by atoms with E-state index in [0.29, 0.717) is 5.02 Å². The van der Waals surface area contributed by atoms with E-state index >= 15 is 0 Å². The molecule has 0 spiro atoms. The van der Waals surface area contributed by atoms with E-state index in [2.05, 4.69) is 35.0 Å². The molecule has 0 saturated heterocycles. The molecule has 2 N–H and O–H groups in total. The average Bonchev–Trinajstić information content (AvgIpc) is 2.48. The van der Waals surface area contributed by atoms with E-state index in [-0.39, 0.29) is 12.0 Å². The van der Waals surface area contributed by atoms with Gasteiger partial charge in [0, 0.05) is 22.5 Å². The van der Waals surface area contributed by atoms with Crippen molar-refractivity contribution in [2.24, 2.45) is 5.73 Å². The van der Waals surface area contributed by atoms with Gasteiger partial charge in [-0.25, -0.2) is 0 Å². The number of nitrogens with two attached hydrogens (primary N) is 1. The molecule has 112 valence electrons. The number of hydrogen-bond donors (Lipinski definition) is 1. The van der Waals surface area contributed by atoms with E-state index in [9.17, 15) is 0 Å². The quantitative estimate of drug-likeness (QED) is 0.776. The van der Waals surface area contributed by atoms with E-state index in [1.165, 1.54) is 5.56 Å². The van der Waals surface area contributed by atoms with Crippen LogP contribution in [0.25, 0.3) is 0 Å². The first-order valence-electron chi connectivity index (χ1n) is 6.92. The van der Waals surface area contributed by atoms with Crippen molar-refractivity contribution >= 4 is 27.5 Å². The molecule has 21 heavy (non-hydrogen) atoms. The topological polar surface area (TPSA) is 35.2 Å². The highest BCUT2D eigenvalue weighted by atomic mass is 79.9. The summed E-state index contributed by atoms with van der Waals surface area (Å²) in [6, 6.07) is 13.8. The molecule has 0 aliphatic heterocycles. The number of halogens is 2. The molecule has 0 heterocycles. The molecule has 0 fully saturated rings. The van der Waals surface area contributed by atoms with Gasteiger partial charge in [0.1, 0.15) is 5.75 Å². The van der Waals surface area contributed by atoms with Gasteiger partial charge in [0.2, 0.25) is 0 Å². The lowest BCUT2D eigenvalue weighted by Gasteiger charge is -2.25. The Kier molecular flexibility index (Phi) is 5.68. The maximum absolute atomic E-state index is 6.54. The maximum atomic E-state index is 6.54. The minimum Gasteiger partial charge on any atom is -0.495 e. The van der Waals surface area contributed by atoms with Crippen molar-refractivity contribution in [3.8, 4) is 5.75 Å². The highest BCUT2D eigenvalue weighted by molar-refractivity contribution is 9.10. The van der Waals surface area contributed by atoms with Gasteiger partial charge >= 0.3 is 0 Å². The first kappa shape index (κ1) is 16.3. The fourth-order valence-electron chi connectivity index (χ4n) is 2.66. The summed E-state index contributed by atoms with van der Waals surface area (Å²) in [5.74, 6) is 0.965. The van der Waals surface area contributed by atoms with Gasteiger partial charge < -0.3 is 10.5 Å². The van der Waals surface area contributed by atoms with Gasteiger partial charge in [0.05, 0.1) is 11.6 Å². The Morgan fingerprint density at radius 2 is 1.90 bits per heavy atom. The molecular formula is C17H19BrClNO. The van der Waals surface area contributed by atoms with Crippen LogP contribution in [0.15, 0.2) is 46.9 Å². The number of ether oxygens (including phenoxy) is 1. The van der Waals surface area contributed by atoms with Crippen molar-refractivity contribution in [1.29, 1.82) is 0 Å². The monoisotopic (exact) mass is 367 g/mol. The minimum atomic E-state index is -0.178. The SMILES string of the molecule is CCC(c1ccccc1)C(N)c1cc(Cl)cc(Br)c1OC. The van der Waals surface area contributed by atoms with E-state index < -0.39 is 0 Å². The largest absolute Gasteiger partial charge is 0.495 e. The Bertz CT molecular complexity index is 603. The highest BCUT2D eigenvalue weighted by Crippen LogP contribution is 2.41. The molecule has 0 saturated carbocycles. The smallest absolute Gasteiger partial charge is 0.137 e. The second-order valence-electron chi connectivity index (χ2n) is 4.96. The fraction of sp³-hybridized carbons (Fsp3) is 0.294. The Morgan fingerprint density at radius 3 is 2.48 bits per heavy atom. The van der Waals surface area contributed by atoms with Crippen LogP contribution in [0.4, 0.5) is 0 Å². The van der Waals surface area contributed by atoms with Crippen molar-refractivity contribution in [2.45, 2.75) is 25.3 Å². The van der Waals surface area contributed by atoms with Crippen LogP contribution in [0.2, 0.25) is 5.02 Å². The molecule has 0 radical (unpaired) electrons. The molecule has 0 aliphatic rings. The summed E-state index contributed by atoms with van der Waals surface area (Å²) in [5.41, 5.74) is 8.69. The molecule has 2 aromatic carbocycles. The van der Waals surface area contributed by atoms with Crippen LogP contribution in [0.5, 0.6) is 5.75 Å². The van der Waals surface area contributed by atoms with Gasteiger partial charge in [0.15, 0.2) is 0 Å². The lowest BCUT2D eigenvalue weighted by molar-refractivity contribution is 0.397. The molecule has 0 aliphatic carbocycles. The summed E-state index contributed by atoms with van der Waals surface area (Å²) < 4.78 is 6.32. The third-order valence-corrected chi connectivity index (χ3v) is 4.51. The zero-order valence-corrected chi connectivity index (χ0v) is 14.5. The third-order valence-electron chi connectivity index (χ3n) is 3.70. The van der Waals surface area contributed by atoms with Gasteiger partial charge in [-0.3, -0.25) is 0 Å². The third kappa shape index (κ3) is 3.60. The Balaban J connectivity index is 2.45. The second-order valence-corrected chi connectivity index (χ2v) is 6.25. The van der Waals surface area contributed by atoms with Crippen LogP contribution in [0, 0.1) is 0 Å². The minimum absolute atomic E-state index is 0.178. The van der Waals surface area contributed by atoms with Gasteiger partial charge in [-0.05, 0) is 40.0 Å². The Hall–Kier alpha value is -1.03. The first-order valence-corrected chi connectivity index (χ1v) is 8.09. The summed E-state index contributed by atoms with van der Waals surface area (Å²) in [6.45, 7) is 2.14. The fourth-order valence-corrected chi connectivity index (χ4v) is 3.65. The van der Waals surface area contributed by atoms with Crippen LogP contribution in [-0.4, -0.2) is 7.11 Å². The normalized spacial score (nSPS) is 13.8. The lowest BCUT2D eigenvalue weighted by Crippen LogP contribution is -2.20. The van der Waals surface area contributed by atoms with E-state index in [4.69, 9.17) is 22.1 Å².